The van der Waals surface area contributed by atoms with Gasteiger partial charge in [-0.2, -0.15) is 0 Å². The molecule has 0 spiro atoms. The van der Waals surface area contributed by atoms with Gasteiger partial charge in [0.25, 0.3) is 0 Å². The summed E-state index contributed by atoms with van der Waals surface area (Å²) < 4.78 is 0. The molecule has 1 saturated carbocycles. The molecule has 0 saturated heterocycles. The van der Waals surface area contributed by atoms with Gasteiger partial charge in [0.15, 0.2) is 5.13 Å². The van der Waals surface area contributed by atoms with Crippen LogP contribution in [0.1, 0.15) is 38.3 Å². The van der Waals surface area contributed by atoms with Crippen molar-refractivity contribution >= 4 is 28.1 Å². The summed E-state index contributed by atoms with van der Waals surface area (Å²) in [6.45, 7) is 2.35. The SMILES string of the molecule is CC1CCC(N(C)c2nc(CCl)cs2)CC1. The minimum Gasteiger partial charge on any atom is -0.348 e. The molecule has 1 fully saturated rings. The minimum atomic E-state index is 0.520. The fourth-order valence-electron chi connectivity index (χ4n) is 2.31. The summed E-state index contributed by atoms with van der Waals surface area (Å²) in [6.07, 6.45) is 5.30. The van der Waals surface area contributed by atoms with Crippen molar-refractivity contribution < 1.29 is 0 Å². The van der Waals surface area contributed by atoms with Crippen molar-refractivity contribution in [1.82, 2.24) is 4.98 Å². The largest absolute Gasteiger partial charge is 0.348 e. The molecule has 1 aliphatic carbocycles. The Kier molecular flexibility index (Phi) is 4.09. The van der Waals surface area contributed by atoms with E-state index < -0.39 is 0 Å². The van der Waals surface area contributed by atoms with Crippen molar-refractivity contribution in [3.05, 3.63) is 11.1 Å². The molecule has 4 heteroatoms. The van der Waals surface area contributed by atoms with E-state index in [1.807, 2.05) is 0 Å². The van der Waals surface area contributed by atoms with Crippen LogP contribution in [-0.4, -0.2) is 18.1 Å². The lowest BCUT2D eigenvalue weighted by Crippen LogP contribution is -2.34. The van der Waals surface area contributed by atoms with Crippen molar-refractivity contribution in [2.75, 3.05) is 11.9 Å². The number of hydrogen-bond donors (Lipinski definition) is 0. The van der Waals surface area contributed by atoms with Crippen molar-refractivity contribution in [3.63, 3.8) is 0 Å². The van der Waals surface area contributed by atoms with Crippen molar-refractivity contribution in [2.45, 2.75) is 44.5 Å². The molecule has 16 heavy (non-hydrogen) atoms. The summed E-state index contributed by atoms with van der Waals surface area (Å²) in [7, 11) is 2.16. The second-order valence-electron chi connectivity index (χ2n) is 4.78. The Bertz CT molecular complexity index is 332. The van der Waals surface area contributed by atoms with Crippen LogP contribution in [0.25, 0.3) is 0 Å². The van der Waals surface area contributed by atoms with Gasteiger partial charge in [-0.1, -0.05) is 6.92 Å². The third-order valence-corrected chi connectivity index (χ3v) is 4.77. The number of halogens is 1. The van der Waals surface area contributed by atoms with E-state index in [9.17, 15) is 0 Å². The fourth-order valence-corrected chi connectivity index (χ4v) is 3.40. The first-order chi connectivity index (χ1) is 7.70. The molecule has 1 aromatic rings. The van der Waals surface area contributed by atoms with Gasteiger partial charge in [-0.15, -0.1) is 22.9 Å². The zero-order valence-corrected chi connectivity index (χ0v) is 11.5. The number of thiazole rings is 1. The van der Waals surface area contributed by atoms with Crippen molar-refractivity contribution in [3.8, 4) is 0 Å². The Morgan fingerprint density at radius 3 is 2.69 bits per heavy atom. The highest BCUT2D eigenvalue weighted by atomic mass is 35.5. The highest BCUT2D eigenvalue weighted by Gasteiger charge is 2.23. The van der Waals surface area contributed by atoms with Gasteiger partial charge >= 0.3 is 0 Å². The summed E-state index contributed by atoms with van der Waals surface area (Å²) in [6, 6.07) is 0.672. The Morgan fingerprint density at radius 2 is 2.12 bits per heavy atom. The summed E-state index contributed by atoms with van der Waals surface area (Å²) in [5, 5.41) is 3.18. The van der Waals surface area contributed by atoms with Crippen LogP contribution in [0.3, 0.4) is 0 Å². The third-order valence-electron chi connectivity index (χ3n) is 3.51. The number of nitrogens with zero attached hydrogens (tertiary/aromatic N) is 2. The summed E-state index contributed by atoms with van der Waals surface area (Å²) in [5.41, 5.74) is 0.998. The number of anilines is 1. The Morgan fingerprint density at radius 1 is 1.44 bits per heavy atom. The van der Waals surface area contributed by atoms with Crippen LogP contribution < -0.4 is 4.90 Å². The fraction of sp³-hybridized carbons (Fsp3) is 0.750. The monoisotopic (exact) mass is 258 g/mol. The molecule has 0 aliphatic heterocycles. The lowest BCUT2D eigenvalue weighted by molar-refractivity contribution is 0.340. The molecule has 2 nitrogen and oxygen atoms in total. The summed E-state index contributed by atoms with van der Waals surface area (Å²) >= 11 is 7.48. The van der Waals surface area contributed by atoms with E-state index in [4.69, 9.17) is 11.6 Å². The van der Waals surface area contributed by atoms with Gasteiger partial charge in [0.05, 0.1) is 11.6 Å². The molecule has 90 valence electrons. The first kappa shape index (κ1) is 12.2. The normalized spacial score (nSPS) is 25.7. The molecule has 2 rings (SSSR count). The molecule has 1 heterocycles. The number of aromatic nitrogens is 1. The first-order valence-corrected chi connectivity index (χ1v) is 7.35. The smallest absolute Gasteiger partial charge is 0.185 e. The molecule has 0 bridgehead atoms. The number of hydrogen-bond acceptors (Lipinski definition) is 3. The van der Waals surface area contributed by atoms with Gasteiger partial charge in [-0.25, -0.2) is 4.98 Å². The van der Waals surface area contributed by atoms with Crippen LogP contribution in [0.5, 0.6) is 0 Å². The van der Waals surface area contributed by atoms with E-state index in [0.717, 1.165) is 16.7 Å². The van der Waals surface area contributed by atoms with Crippen LogP contribution in [0.4, 0.5) is 5.13 Å². The summed E-state index contributed by atoms with van der Waals surface area (Å²) in [5.74, 6) is 1.42. The second-order valence-corrected chi connectivity index (χ2v) is 5.88. The minimum absolute atomic E-state index is 0.520. The van der Waals surface area contributed by atoms with E-state index in [1.54, 1.807) is 11.3 Å². The van der Waals surface area contributed by atoms with Crippen molar-refractivity contribution in [2.24, 2.45) is 5.92 Å². The van der Waals surface area contributed by atoms with Crippen molar-refractivity contribution in [1.29, 1.82) is 0 Å². The van der Waals surface area contributed by atoms with Crippen LogP contribution in [0.15, 0.2) is 5.38 Å². The molecular weight excluding hydrogens is 240 g/mol. The summed E-state index contributed by atoms with van der Waals surface area (Å²) in [4.78, 5) is 6.88. The van der Waals surface area contributed by atoms with Crippen LogP contribution in [0, 0.1) is 5.92 Å². The maximum Gasteiger partial charge on any atom is 0.185 e. The molecule has 0 aromatic carbocycles. The van der Waals surface area contributed by atoms with E-state index in [2.05, 4.69) is 29.2 Å². The van der Waals surface area contributed by atoms with E-state index >= 15 is 0 Å². The Balaban J connectivity index is 1.98. The molecule has 0 amide bonds. The maximum absolute atomic E-state index is 5.78. The van der Waals surface area contributed by atoms with Crippen LogP contribution in [0.2, 0.25) is 0 Å². The topological polar surface area (TPSA) is 16.1 Å². The van der Waals surface area contributed by atoms with E-state index in [0.29, 0.717) is 11.9 Å². The molecule has 0 atom stereocenters. The third kappa shape index (κ3) is 2.69. The van der Waals surface area contributed by atoms with Crippen LogP contribution in [-0.2, 0) is 5.88 Å². The standard InChI is InChI=1S/C12H19ClN2S/c1-9-3-5-11(6-4-9)15(2)12-14-10(7-13)8-16-12/h8-9,11H,3-7H2,1-2H3. The lowest BCUT2D eigenvalue weighted by Gasteiger charge is -2.33. The first-order valence-electron chi connectivity index (χ1n) is 5.94. The predicted molar refractivity (Wildman–Crippen MR) is 71.5 cm³/mol. The van der Waals surface area contributed by atoms with Gasteiger partial charge < -0.3 is 4.90 Å². The van der Waals surface area contributed by atoms with Gasteiger partial charge in [-0.3, -0.25) is 0 Å². The molecule has 1 aliphatic rings. The van der Waals surface area contributed by atoms with Gasteiger partial charge in [-0.05, 0) is 31.6 Å². The Hall–Kier alpha value is -0.280. The average molecular weight is 259 g/mol. The van der Waals surface area contributed by atoms with Gasteiger partial charge in [0.2, 0.25) is 0 Å². The predicted octanol–water partition coefficient (Wildman–Crippen LogP) is 3.90. The zero-order valence-electron chi connectivity index (χ0n) is 9.95. The maximum atomic E-state index is 5.78. The number of rotatable bonds is 3. The molecule has 0 radical (unpaired) electrons. The van der Waals surface area contributed by atoms with Gasteiger partial charge in [0.1, 0.15) is 0 Å². The molecular formula is C12H19ClN2S. The van der Waals surface area contributed by atoms with E-state index in [1.165, 1.54) is 25.7 Å². The zero-order chi connectivity index (χ0) is 11.5. The molecule has 1 aromatic heterocycles. The van der Waals surface area contributed by atoms with E-state index in [-0.39, 0.29) is 0 Å². The average Bonchev–Trinajstić information content (AvgIpc) is 2.77. The molecule has 0 unspecified atom stereocenters. The molecule has 0 N–H and O–H groups in total. The second kappa shape index (κ2) is 5.37. The number of alkyl halides is 1. The Labute approximate surface area is 107 Å². The van der Waals surface area contributed by atoms with Gasteiger partial charge in [0, 0.05) is 18.5 Å². The lowest BCUT2D eigenvalue weighted by atomic mass is 9.87. The highest BCUT2D eigenvalue weighted by Crippen LogP contribution is 2.30. The van der Waals surface area contributed by atoms with Crippen LogP contribution >= 0.6 is 22.9 Å². The quantitative estimate of drug-likeness (QED) is 0.765. The highest BCUT2D eigenvalue weighted by molar-refractivity contribution is 7.13.